The first-order chi connectivity index (χ1) is 36.7. The quantitative estimate of drug-likeness (QED) is 0.141. The van der Waals surface area contributed by atoms with Crippen molar-refractivity contribution >= 4 is 51.1 Å². The molecule has 2 saturated carbocycles. The molecule has 17 nitrogen and oxygen atoms in total. The molecule has 382 valence electrons. The van der Waals surface area contributed by atoms with Crippen molar-refractivity contribution in [2.24, 2.45) is 14.1 Å². The summed E-state index contributed by atoms with van der Waals surface area (Å²) in [6.07, 6.45) is 16.5. The van der Waals surface area contributed by atoms with E-state index in [0.717, 1.165) is 162 Å². The summed E-state index contributed by atoms with van der Waals surface area (Å²) in [6, 6.07) is 34.6. The van der Waals surface area contributed by atoms with E-state index < -0.39 is 0 Å². The number of carbonyl (C=O) groups is 1. The third kappa shape index (κ3) is 9.25. The minimum atomic E-state index is 0.427. The van der Waals surface area contributed by atoms with Gasteiger partial charge in [-0.05, 0) is 57.0 Å². The Morgan fingerprint density at radius 2 is 1.11 bits per heavy atom. The molecule has 14 rings (SSSR count). The summed E-state index contributed by atoms with van der Waals surface area (Å²) in [5.41, 5.74) is 24.1. The number of likely N-dealkylation sites (N-methyl/N-ethyl adjacent to an activating group) is 1. The molecule has 17 heteroatoms. The van der Waals surface area contributed by atoms with Crippen LogP contribution in [0.3, 0.4) is 0 Å². The lowest BCUT2D eigenvalue weighted by Gasteiger charge is -2.45. The van der Waals surface area contributed by atoms with Crippen LogP contribution in [0, 0.1) is 0 Å². The zero-order chi connectivity index (χ0) is 51.2. The first-order valence-corrected chi connectivity index (χ1v) is 26.3. The number of anilines is 2. The molecule has 2 saturated heterocycles. The van der Waals surface area contributed by atoms with Crippen molar-refractivity contribution in [2.45, 2.75) is 50.1 Å². The Labute approximate surface area is 436 Å². The highest BCUT2D eigenvalue weighted by Gasteiger charge is 2.38. The number of rotatable bonds is 8. The van der Waals surface area contributed by atoms with Crippen LogP contribution in [-0.4, -0.2) is 145 Å². The molecule has 4 aliphatic rings. The van der Waals surface area contributed by atoms with E-state index in [2.05, 4.69) is 112 Å². The third-order valence-corrected chi connectivity index (χ3v) is 16.1. The van der Waals surface area contributed by atoms with Crippen molar-refractivity contribution in [1.29, 1.82) is 0 Å². The minimum Gasteiger partial charge on any atom is -0.382 e. The van der Waals surface area contributed by atoms with Crippen LogP contribution in [0.4, 0.5) is 11.6 Å². The smallest absolute Gasteiger partial charge is 0.209 e. The maximum absolute atomic E-state index is 10.4. The summed E-state index contributed by atoms with van der Waals surface area (Å²) < 4.78 is 8.31. The van der Waals surface area contributed by atoms with Gasteiger partial charge in [0, 0.05) is 131 Å². The second-order valence-corrected chi connectivity index (χ2v) is 20.6. The standard InChI is InChI=1S/C29H32N8.C20H16N6.C9H16N2O/c1-34-12-14-36(15-13-34)22-16-21(17-22)29-33-25(26-27(30)31-10-11-37(26)29)20-8-9-24-23(18-20)32-28(35(24)2)19-6-4-3-5-7-19;1-25-16-8-7-14(17-18-19(21)22-9-10-26(18)12-23-17)11-15(16)24-20(25)13-5-3-2-4-6-13;12-8-10-4-6-11(7-5-10)9-2-1-3-9/h3-11,18,21-22H,12-17H2,1-2H3,(H2,30,31);2-12H,1H3,(H2,21,22);8-9H,1-7H2. The number of benzene rings is 4. The highest BCUT2D eigenvalue weighted by atomic mass is 16.1. The van der Waals surface area contributed by atoms with E-state index in [4.69, 9.17) is 26.4 Å². The van der Waals surface area contributed by atoms with Gasteiger partial charge in [0.1, 0.15) is 52.2 Å². The van der Waals surface area contributed by atoms with Crippen LogP contribution < -0.4 is 11.5 Å². The lowest BCUT2D eigenvalue weighted by molar-refractivity contribution is -0.120. The number of nitrogens with zero attached hydrogens (tertiary/aromatic N) is 14. The molecule has 10 aromatic rings. The molecule has 75 heavy (non-hydrogen) atoms. The topological polar surface area (TPSA) is 178 Å². The van der Waals surface area contributed by atoms with Crippen LogP contribution in [0.5, 0.6) is 0 Å². The Morgan fingerprint density at radius 3 is 1.68 bits per heavy atom. The Kier molecular flexibility index (Phi) is 13.0. The molecule has 0 radical (unpaired) electrons. The lowest BCUT2D eigenvalue weighted by atomic mass is 9.78. The molecule has 2 aliphatic heterocycles. The van der Waals surface area contributed by atoms with Crippen molar-refractivity contribution in [1.82, 2.24) is 67.4 Å². The van der Waals surface area contributed by atoms with Crippen LogP contribution in [0.2, 0.25) is 0 Å². The summed E-state index contributed by atoms with van der Waals surface area (Å²) in [4.78, 5) is 48.0. The zero-order valence-electron chi connectivity index (χ0n) is 43.0. The number of fused-ring (bicyclic) bond motifs is 4. The number of piperazine rings is 2. The van der Waals surface area contributed by atoms with E-state index in [-0.39, 0.29) is 0 Å². The van der Waals surface area contributed by atoms with Gasteiger partial charge in [-0.25, -0.2) is 29.9 Å². The number of imidazole rings is 4. The first-order valence-electron chi connectivity index (χ1n) is 26.3. The van der Waals surface area contributed by atoms with Gasteiger partial charge in [0.25, 0.3) is 0 Å². The largest absolute Gasteiger partial charge is 0.382 e. The van der Waals surface area contributed by atoms with E-state index in [9.17, 15) is 4.79 Å². The molecule has 4 aromatic carbocycles. The maximum Gasteiger partial charge on any atom is 0.209 e. The van der Waals surface area contributed by atoms with Gasteiger partial charge in [0.05, 0.1) is 27.8 Å². The van der Waals surface area contributed by atoms with Gasteiger partial charge in [-0.3, -0.25) is 19.0 Å². The number of hydrogen-bond donors (Lipinski definition) is 2. The highest BCUT2D eigenvalue weighted by Crippen LogP contribution is 2.42. The summed E-state index contributed by atoms with van der Waals surface area (Å²) in [5.74, 6) is 4.39. The second kappa shape index (κ2) is 20.4. The molecule has 0 bridgehead atoms. The lowest BCUT2D eigenvalue weighted by Crippen LogP contribution is -2.52. The van der Waals surface area contributed by atoms with Gasteiger partial charge >= 0.3 is 0 Å². The Bertz CT molecular complexity index is 3630. The third-order valence-electron chi connectivity index (χ3n) is 16.1. The fraction of sp³-hybridized carbons (Fsp3) is 0.328. The normalized spacial score (nSPS) is 18.6. The van der Waals surface area contributed by atoms with Crippen LogP contribution in [0.1, 0.15) is 43.8 Å². The van der Waals surface area contributed by atoms with Crippen LogP contribution in [-0.2, 0) is 18.9 Å². The van der Waals surface area contributed by atoms with Crippen molar-refractivity contribution in [3.63, 3.8) is 0 Å². The number of carbonyl (C=O) groups excluding carboxylic acids is 1. The number of hydrogen-bond acceptors (Lipinski definition) is 12. The molecule has 0 atom stereocenters. The number of amides is 1. The summed E-state index contributed by atoms with van der Waals surface area (Å²) >= 11 is 0. The molecule has 0 spiro atoms. The summed E-state index contributed by atoms with van der Waals surface area (Å²) in [7, 11) is 6.31. The van der Waals surface area contributed by atoms with E-state index in [1.165, 1.54) is 19.3 Å². The summed E-state index contributed by atoms with van der Waals surface area (Å²) in [6.45, 7) is 8.66. The van der Waals surface area contributed by atoms with Crippen LogP contribution in [0.15, 0.2) is 128 Å². The molecular weight excluding hydrogens is 937 g/mol. The maximum atomic E-state index is 10.4. The molecule has 1 amide bonds. The SMILES string of the molecule is CN1CCN(C2CC(c3nc(-c4ccc5c(c4)nc(-c4ccccc4)n5C)c4c(N)nccn34)C2)CC1.Cn1c(-c2ccccc2)nc2cc(-c3ncn4ccnc(N)c34)ccc21.O=CN1CCN(C2CCC2)CC1. The number of nitrogen functional groups attached to an aromatic ring is 2. The fourth-order valence-corrected chi connectivity index (χ4v) is 11.4. The predicted octanol–water partition coefficient (Wildman–Crippen LogP) is 7.87. The highest BCUT2D eigenvalue weighted by molar-refractivity contribution is 5.92. The van der Waals surface area contributed by atoms with Gasteiger partial charge in [0.2, 0.25) is 6.41 Å². The van der Waals surface area contributed by atoms with E-state index >= 15 is 0 Å². The van der Waals surface area contributed by atoms with E-state index in [1.807, 2.05) is 71.2 Å². The number of aryl methyl sites for hydroxylation is 2. The average molecular weight is 1000 g/mol. The van der Waals surface area contributed by atoms with Crippen molar-refractivity contribution in [3.05, 3.63) is 134 Å². The van der Waals surface area contributed by atoms with Crippen molar-refractivity contribution in [2.75, 3.05) is 70.9 Å². The fourth-order valence-electron chi connectivity index (χ4n) is 11.4. The van der Waals surface area contributed by atoms with Gasteiger partial charge in [0.15, 0.2) is 0 Å². The Morgan fingerprint density at radius 1 is 0.560 bits per heavy atom. The van der Waals surface area contributed by atoms with E-state index in [1.54, 1.807) is 18.7 Å². The molecule has 0 unspecified atom stereocenters. The zero-order valence-corrected chi connectivity index (χ0v) is 43.0. The molecular formula is C58H64N16O. The molecule has 8 heterocycles. The molecule has 2 aliphatic carbocycles. The monoisotopic (exact) mass is 1000 g/mol. The van der Waals surface area contributed by atoms with Gasteiger partial charge in [-0.1, -0.05) is 79.2 Å². The van der Waals surface area contributed by atoms with Crippen molar-refractivity contribution < 1.29 is 4.79 Å². The van der Waals surface area contributed by atoms with Crippen LogP contribution >= 0.6 is 0 Å². The minimum absolute atomic E-state index is 0.427. The second-order valence-electron chi connectivity index (χ2n) is 20.6. The Balaban J connectivity index is 0.000000129. The van der Waals surface area contributed by atoms with E-state index in [0.29, 0.717) is 23.6 Å². The number of aromatic nitrogens is 10. The Hall–Kier alpha value is -7.99. The van der Waals surface area contributed by atoms with Crippen LogP contribution in [0.25, 0.3) is 78.4 Å². The van der Waals surface area contributed by atoms with Gasteiger partial charge < -0.3 is 34.8 Å². The van der Waals surface area contributed by atoms with Gasteiger partial charge in [-0.15, -0.1) is 0 Å². The van der Waals surface area contributed by atoms with Crippen molar-refractivity contribution in [3.8, 4) is 45.3 Å². The first kappa shape index (κ1) is 48.0. The summed E-state index contributed by atoms with van der Waals surface area (Å²) in [5, 5.41) is 0. The molecule has 6 aromatic heterocycles. The average Bonchev–Trinajstić information content (AvgIpc) is 4.20. The van der Waals surface area contributed by atoms with Gasteiger partial charge in [-0.2, -0.15) is 0 Å². The molecule has 4 fully saturated rings. The predicted molar refractivity (Wildman–Crippen MR) is 297 cm³/mol. The number of nitrogens with two attached hydrogens (primary N) is 2. The molecule has 4 N–H and O–H groups in total.